The Morgan fingerprint density at radius 2 is 0.669 bits per heavy atom. The summed E-state index contributed by atoms with van der Waals surface area (Å²) in [5.41, 5.74) is 0. The first-order valence-corrected chi connectivity index (χ1v) is 50.8. The Morgan fingerprint density at radius 3 is 1.07 bits per heavy atom. The van der Waals surface area contributed by atoms with Crippen molar-refractivity contribution in [1.82, 2.24) is 0 Å². The molecule has 3 fully saturated rings. The predicted molar refractivity (Wildman–Crippen MR) is 472 cm³/mol. The lowest BCUT2D eigenvalue weighted by Gasteiger charge is -2.50. The highest BCUT2D eigenvalue weighted by Crippen LogP contribution is 2.49. The van der Waals surface area contributed by atoms with E-state index in [1.165, 1.54) is 199 Å². The molecule has 10 N–H and O–H groups in total. The van der Waals surface area contributed by atoms with Gasteiger partial charge in [-0.25, -0.2) is 4.57 Å². The highest BCUT2D eigenvalue weighted by atomic mass is 31.2. The van der Waals surface area contributed by atoms with Gasteiger partial charge in [-0.05, 0) is 57.3 Å². The topological polar surface area (TPSA) is 380 Å². The fourth-order valence-corrected chi connectivity index (χ4v) is 17.5. The second-order valence-electron chi connectivity index (χ2n) is 35.6. The van der Waals surface area contributed by atoms with E-state index in [0.717, 1.165) is 141 Å². The average molecular weight is 1750 g/mol. The van der Waals surface area contributed by atoms with Crippen molar-refractivity contribution in [2.24, 2.45) is 5.92 Å². The Morgan fingerprint density at radius 1 is 0.347 bits per heavy atom. The van der Waals surface area contributed by atoms with Crippen LogP contribution in [0.5, 0.6) is 0 Å². The molecule has 3 rings (SSSR count). The second kappa shape index (κ2) is 73.0. The molecule has 121 heavy (non-hydrogen) atoms. The minimum absolute atomic E-state index is 0.0180. The van der Waals surface area contributed by atoms with Crippen molar-refractivity contribution in [2.75, 3.05) is 26.4 Å². The smallest absolute Gasteiger partial charge is 0.463 e. The summed E-state index contributed by atoms with van der Waals surface area (Å²) in [6.45, 7) is 7.96. The Kier molecular flexibility index (Phi) is 67.8. The number of allylic oxidation sites excluding steroid dienone is 2. The van der Waals surface area contributed by atoms with E-state index in [1.54, 1.807) is 0 Å². The fourth-order valence-electron chi connectivity index (χ4n) is 16.5. The Bertz CT molecular complexity index is 2570. The van der Waals surface area contributed by atoms with Gasteiger partial charge in [-0.15, -0.1) is 0 Å². The SMILES string of the molecule is CCCCCC/C=C\CCCCCCCCCC(=O)OC1C(O)C(O)C(OC2OC(CO)C(O)C(O)C2O)C(OP(=O)(O)OCC(COC(=O)CCCCCCCCCCCCCCCCCC)OC(=O)CCCCCCCCC(C)CCCCCCCC)C1OC1OC(COC(=O)CCCCCCCCCCCCCCCCC)C(O)C(O)C1O. The molecule has 0 bridgehead atoms. The number of carbonyl (C=O) groups is 4. The van der Waals surface area contributed by atoms with Crippen molar-refractivity contribution in [3.05, 3.63) is 12.2 Å². The Labute approximate surface area is 731 Å². The zero-order valence-corrected chi connectivity index (χ0v) is 77.2. The number of rotatable bonds is 80. The zero-order valence-electron chi connectivity index (χ0n) is 76.3. The molecule has 25 nitrogen and oxygen atoms in total. The number of aliphatic hydroxyl groups is 9. The van der Waals surface area contributed by atoms with Gasteiger partial charge in [0.15, 0.2) is 24.8 Å². The van der Waals surface area contributed by atoms with Gasteiger partial charge in [0.25, 0.3) is 0 Å². The van der Waals surface area contributed by atoms with Crippen molar-refractivity contribution >= 4 is 31.7 Å². The number of unbranched alkanes of at least 4 members (excludes halogenated alkanes) is 50. The first-order valence-electron chi connectivity index (χ1n) is 49.3. The minimum Gasteiger partial charge on any atom is -0.463 e. The summed E-state index contributed by atoms with van der Waals surface area (Å²) in [5.74, 6) is -2.28. The molecule has 0 aromatic heterocycles. The van der Waals surface area contributed by atoms with Crippen molar-refractivity contribution in [2.45, 2.75) is 537 Å². The van der Waals surface area contributed by atoms with Gasteiger partial charge in [-0.1, -0.05) is 368 Å². The summed E-state index contributed by atoms with van der Waals surface area (Å²) in [6.07, 6.45) is 31.8. The van der Waals surface area contributed by atoms with E-state index in [-0.39, 0.29) is 25.7 Å². The minimum atomic E-state index is -5.81. The van der Waals surface area contributed by atoms with Gasteiger partial charge in [-0.2, -0.15) is 0 Å². The number of carbonyl (C=O) groups excluding carboxylic acids is 4. The van der Waals surface area contributed by atoms with E-state index in [9.17, 15) is 74.6 Å². The van der Waals surface area contributed by atoms with Gasteiger partial charge in [0.1, 0.15) is 92.6 Å². The van der Waals surface area contributed by atoms with Crippen LogP contribution in [-0.2, 0) is 70.7 Å². The summed E-state index contributed by atoms with van der Waals surface area (Å²) >= 11 is 0. The largest absolute Gasteiger partial charge is 0.472 e. The third-order valence-electron chi connectivity index (χ3n) is 24.4. The van der Waals surface area contributed by atoms with Crippen LogP contribution in [-0.4, -0.2) is 205 Å². The molecule has 1 saturated carbocycles. The van der Waals surface area contributed by atoms with E-state index >= 15 is 0 Å². The molecular weight excluding hydrogens is 1570 g/mol. The van der Waals surface area contributed by atoms with Gasteiger partial charge < -0.3 is 88.7 Å². The molecule has 0 spiro atoms. The molecule has 2 aliphatic heterocycles. The van der Waals surface area contributed by atoms with Crippen LogP contribution in [0.25, 0.3) is 0 Å². The second-order valence-corrected chi connectivity index (χ2v) is 37.0. The van der Waals surface area contributed by atoms with Crippen molar-refractivity contribution in [3.63, 3.8) is 0 Å². The number of phosphoric ester groups is 1. The summed E-state index contributed by atoms with van der Waals surface area (Å²) in [6, 6.07) is 0. The van der Waals surface area contributed by atoms with Gasteiger partial charge in [0, 0.05) is 25.7 Å². The van der Waals surface area contributed by atoms with E-state index < -0.39 is 162 Å². The highest BCUT2D eigenvalue weighted by Gasteiger charge is 2.60. The molecule has 26 heteroatoms. The van der Waals surface area contributed by atoms with Crippen LogP contribution in [0.2, 0.25) is 0 Å². The molecule has 0 aromatic carbocycles. The first kappa shape index (κ1) is 112. The lowest BCUT2D eigenvalue weighted by Crippen LogP contribution is -2.70. The van der Waals surface area contributed by atoms with Crippen molar-refractivity contribution in [1.29, 1.82) is 0 Å². The third kappa shape index (κ3) is 53.1. The van der Waals surface area contributed by atoms with Crippen LogP contribution < -0.4 is 0 Å². The first-order chi connectivity index (χ1) is 58.6. The van der Waals surface area contributed by atoms with Gasteiger partial charge in [0.05, 0.1) is 13.2 Å². The van der Waals surface area contributed by atoms with Crippen LogP contribution in [0.3, 0.4) is 0 Å². The lowest BCUT2D eigenvalue weighted by molar-refractivity contribution is -0.360. The molecule has 2 heterocycles. The Balaban J connectivity index is 1.91. The summed E-state index contributed by atoms with van der Waals surface area (Å²) < 4.78 is 73.6. The average Bonchev–Trinajstić information content (AvgIpc) is 0.754. The van der Waals surface area contributed by atoms with Gasteiger partial charge >= 0.3 is 31.7 Å². The number of hydrogen-bond donors (Lipinski definition) is 10. The molecule has 0 radical (unpaired) electrons. The molecule has 19 unspecified atom stereocenters. The van der Waals surface area contributed by atoms with E-state index in [0.29, 0.717) is 38.0 Å². The molecule has 1 aliphatic carbocycles. The normalized spacial score (nSPS) is 24.9. The van der Waals surface area contributed by atoms with Crippen molar-refractivity contribution < 1.29 is 122 Å². The van der Waals surface area contributed by atoms with Crippen LogP contribution >= 0.6 is 7.82 Å². The van der Waals surface area contributed by atoms with Crippen LogP contribution in [0.4, 0.5) is 0 Å². The van der Waals surface area contributed by atoms with Crippen LogP contribution in [0.15, 0.2) is 12.2 Å². The molecule has 3 aliphatic rings. The fraction of sp³-hybridized carbons (Fsp3) is 0.937. The predicted octanol–water partition coefficient (Wildman–Crippen LogP) is 19.0. The monoisotopic (exact) mass is 1750 g/mol. The summed E-state index contributed by atoms with van der Waals surface area (Å²) in [7, 11) is -5.81. The quantitative estimate of drug-likeness (QED) is 0.00889. The molecule has 712 valence electrons. The van der Waals surface area contributed by atoms with Gasteiger partial charge in [-0.3, -0.25) is 28.2 Å². The maximum atomic E-state index is 14.9. The number of hydrogen-bond acceptors (Lipinski definition) is 24. The zero-order chi connectivity index (χ0) is 88.4. The Hall–Kier alpha value is -2.79. The number of ether oxygens (including phenoxy) is 8. The molecular formula is C95H177O25P. The third-order valence-corrected chi connectivity index (χ3v) is 25.4. The van der Waals surface area contributed by atoms with E-state index in [4.69, 9.17) is 46.9 Å². The molecule has 19 atom stereocenters. The molecule has 0 aromatic rings. The van der Waals surface area contributed by atoms with E-state index in [2.05, 4.69) is 46.8 Å². The van der Waals surface area contributed by atoms with Gasteiger partial charge in [0.2, 0.25) is 0 Å². The number of aliphatic hydroxyl groups excluding tert-OH is 9. The maximum absolute atomic E-state index is 14.9. The highest BCUT2D eigenvalue weighted by molar-refractivity contribution is 7.47. The molecule has 2 saturated heterocycles. The molecule has 0 amide bonds. The standard InChI is InChI=1S/C95H177O25P/c1-6-10-14-18-22-25-28-31-34-37-39-41-44-47-54-60-66-78(97)111-71-75(114-80(99)68-62-57-51-50-53-59-65-74(5)64-58-52-21-17-13-9-4)72-113-121(109,110)120-93-91(118-94-88(107)84(103)82(101)76(70-96)115-94)87(106)86(105)90(117-81(100)69-63-56-49-46-43-40-36-33-30-27-24-20-16-12-8-3)92(93)119-95-89(108)85(104)83(102)77(116-95)73-112-79(98)67-61-55-48-45-42-38-35-32-29-26-23-19-15-11-7-2/h27,30,74-77,82-96,101-108H,6-26,28-29,31-73H2,1-5H3,(H,109,110)/b30-27-. The summed E-state index contributed by atoms with van der Waals surface area (Å²) in [4.78, 5) is 66.7. The maximum Gasteiger partial charge on any atom is 0.472 e. The van der Waals surface area contributed by atoms with E-state index in [1.807, 2.05) is 0 Å². The number of esters is 4. The summed E-state index contributed by atoms with van der Waals surface area (Å²) in [5, 5.41) is 103. The van der Waals surface area contributed by atoms with Crippen LogP contribution in [0, 0.1) is 5.92 Å². The van der Waals surface area contributed by atoms with Crippen molar-refractivity contribution in [3.8, 4) is 0 Å². The van der Waals surface area contributed by atoms with Crippen LogP contribution in [0.1, 0.15) is 433 Å². The lowest BCUT2D eigenvalue weighted by atomic mass is 9.84. The number of phosphoric acid groups is 1.